The van der Waals surface area contributed by atoms with Crippen LogP contribution in [-0.2, 0) is 10.8 Å². The average Bonchev–Trinajstić information content (AvgIpc) is 3.82. The van der Waals surface area contributed by atoms with Crippen molar-refractivity contribution in [3.63, 3.8) is 0 Å². The topological polar surface area (TPSA) is 8.17 Å². The molecule has 6 aliphatic rings. The highest BCUT2D eigenvalue weighted by atomic mass is 15.3. The highest BCUT2D eigenvalue weighted by Gasteiger charge is 2.61. The van der Waals surface area contributed by atoms with Crippen molar-refractivity contribution in [2.75, 3.05) is 4.90 Å². The van der Waals surface area contributed by atoms with Gasteiger partial charge in [0.2, 0.25) is 0 Å². The fraction of sp³-hybridized carbons (Fsp3) is 0.191. The first-order valence-corrected chi connectivity index (χ1v) is 18.6. The van der Waals surface area contributed by atoms with Crippen molar-refractivity contribution < 1.29 is 0 Å². The molecule has 7 aromatic rings. The molecule has 3 aliphatic carbocycles. The molecule has 2 nitrogen and oxygen atoms in total. The van der Waals surface area contributed by atoms with Crippen LogP contribution in [0, 0.1) is 0 Å². The maximum absolute atomic E-state index is 2.83. The first kappa shape index (κ1) is 26.6. The van der Waals surface area contributed by atoms with Crippen LogP contribution < -0.4 is 21.3 Å². The number of anilines is 2. The third kappa shape index (κ3) is 2.52. The van der Waals surface area contributed by atoms with Gasteiger partial charge in [-0.25, -0.2) is 0 Å². The van der Waals surface area contributed by atoms with Crippen LogP contribution in [0.1, 0.15) is 67.3 Å². The summed E-state index contributed by atoms with van der Waals surface area (Å²) in [7, 11) is 0. The molecule has 0 bridgehead atoms. The lowest BCUT2D eigenvalue weighted by Crippen LogP contribution is -2.64. The van der Waals surface area contributed by atoms with E-state index in [9.17, 15) is 0 Å². The van der Waals surface area contributed by atoms with E-state index in [-0.39, 0.29) is 23.1 Å². The van der Waals surface area contributed by atoms with E-state index in [4.69, 9.17) is 0 Å². The lowest BCUT2D eigenvalue weighted by molar-refractivity contribution is 0.195. The van der Waals surface area contributed by atoms with Crippen molar-refractivity contribution in [3.8, 4) is 28.1 Å². The maximum Gasteiger partial charge on any atom is 0.252 e. The minimum atomic E-state index is -0.376. The number of rotatable bonds is 0. The Hall–Kier alpha value is -5.28. The lowest BCUT2D eigenvalue weighted by atomic mass is 9.33. The standard InChI is InChI=1S/C47H35BN2/c1-45-26-9-10-27-46(45,2)50-39-25-13-24-38-41(39)48(37-23-12-21-35(45)44(37)50)36-22-11-17-31-40-43(49(38)42(31)36)30-16-5-8-20-34(30)47(40)32-18-6-3-14-28(32)29-15-4-7-19-33(29)47/h3-8,11-25H,9-10,26-27H2,1-2H3. The maximum atomic E-state index is 2.83. The Morgan fingerprint density at radius 2 is 1.16 bits per heavy atom. The number of hydrogen-bond donors (Lipinski definition) is 0. The Labute approximate surface area is 293 Å². The Bertz CT molecular complexity index is 2690. The summed E-state index contributed by atoms with van der Waals surface area (Å²) in [6, 6.07) is 49.5. The Morgan fingerprint density at radius 1 is 0.560 bits per heavy atom. The van der Waals surface area contributed by atoms with Crippen molar-refractivity contribution in [1.82, 2.24) is 4.57 Å². The molecule has 1 aromatic heterocycles. The number of fused-ring (bicyclic) bond motifs is 19. The molecule has 0 saturated heterocycles. The van der Waals surface area contributed by atoms with Gasteiger partial charge in [0, 0.05) is 44.5 Å². The summed E-state index contributed by atoms with van der Waals surface area (Å²) in [5, 5.41) is 1.39. The van der Waals surface area contributed by atoms with Gasteiger partial charge in [-0.05, 0) is 81.7 Å². The van der Waals surface area contributed by atoms with Crippen LogP contribution in [0.2, 0.25) is 0 Å². The van der Waals surface area contributed by atoms with Crippen LogP contribution in [0.3, 0.4) is 0 Å². The van der Waals surface area contributed by atoms with Crippen LogP contribution in [0.4, 0.5) is 11.4 Å². The molecule has 0 N–H and O–H groups in total. The molecule has 2 atom stereocenters. The first-order chi connectivity index (χ1) is 24.6. The summed E-state index contributed by atoms with van der Waals surface area (Å²) < 4.78 is 2.71. The molecule has 1 saturated carbocycles. The largest absolute Gasteiger partial charge is 0.335 e. The molecule has 50 heavy (non-hydrogen) atoms. The lowest BCUT2D eigenvalue weighted by Gasteiger charge is -2.52. The van der Waals surface area contributed by atoms with E-state index in [0.717, 1.165) is 0 Å². The van der Waals surface area contributed by atoms with E-state index < -0.39 is 0 Å². The molecule has 4 heterocycles. The van der Waals surface area contributed by atoms with E-state index in [2.05, 4.69) is 151 Å². The monoisotopic (exact) mass is 638 g/mol. The third-order valence-corrected chi connectivity index (χ3v) is 14.5. The van der Waals surface area contributed by atoms with E-state index in [1.54, 1.807) is 5.56 Å². The van der Waals surface area contributed by atoms with Gasteiger partial charge in [0.15, 0.2) is 0 Å². The summed E-state index contributed by atoms with van der Waals surface area (Å²) in [4.78, 5) is 2.83. The van der Waals surface area contributed by atoms with Crippen LogP contribution in [0.15, 0.2) is 127 Å². The van der Waals surface area contributed by atoms with Gasteiger partial charge in [-0.1, -0.05) is 135 Å². The van der Waals surface area contributed by atoms with Gasteiger partial charge in [0.05, 0.1) is 16.6 Å². The fourth-order valence-electron chi connectivity index (χ4n) is 12.5. The third-order valence-electron chi connectivity index (χ3n) is 14.5. The van der Waals surface area contributed by atoms with Crippen molar-refractivity contribution in [2.45, 2.75) is 55.9 Å². The molecule has 0 radical (unpaired) electrons. The van der Waals surface area contributed by atoms with Gasteiger partial charge in [0.25, 0.3) is 6.71 Å². The van der Waals surface area contributed by atoms with E-state index in [1.807, 2.05) is 0 Å². The van der Waals surface area contributed by atoms with Gasteiger partial charge in [-0.15, -0.1) is 0 Å². The number of benzene rings is 6. The van der Waals surface area contributed by atoms with Crippen molar-refractivity contribution >= 4 is 45.4 Å². The predicted octanol–water partition coefficient (Wildman–Crippen LogP) is 8.86. The van der Waals surface area contributed by atoms with Crippen LogP contribution in [0.25, 0.3) is 39.0 Å². The van der Waals surface area contributed by atoms with Crippen LogP contribution in [0.5, 0.6) is 0 Å². The summed E-state index contributed by atoms with van der Waals surface area (Å²) in [6.07, 6.45) is 5.08. The normalized spacial score (nSPS) is 22.9. The molecule has 236 valence electrons. The highest BCUT2D eigenvalue weighted by molar-refractivity contribution is 7.00. The zero-order chi connectivity index (χ0) is 32.7. The van der Waals surface area contributed by atoms with Crippen molar-refractivity contribution in [1.29, 1.82) is 0 Å². The number of nitrogens with zero attached hydrogens (tertiary/aromatic N) is 2. The minimum Gasteiger partial charge on any atom is -0.335 e. The highest BCUT2D eigenvalue weighted by Crippen LogP contribution is 2.66. The van der Waals surface area contributed by atoms with Gasteiger partial charge < -0.3 is 9.47 Å². The smallest absolute Gasteiger partial charge is 0.252 e. The fourth-order valence-corrected chi connectivity index (χ4v) is 12.5. The minimum absolute atomic E-state index is 0.0443. The molecule has 6 aromatic carbocycles. The van der Waals surface area contributed by atoms with Gasteiger partial charge in [0.1, 0.15) is 0 Å². The Morgan fingerprint density at radius 3 is 1.94 bits per heavy atom. The Balaban J connectivity index is 1.21. The van der Waals surface area contributed by atoms with Gasteiger partial charge >= 0.3 is 0 Å². The molecule has 1 spiro atoms. The molecule has 2 unspecified atom stereocenters. The summed E-state index contributed by atoms with van der Waals surface area (Å²) in [5.41, 5.74) is 22.6. The molecule has 1 fully saturated rings. The Kier molecular flexibility index (Phi) is 4.44. The van der Waals surface area contributed by atoms with E-state index >= 15 is 0 Å². The number of para-hydroxylation sites is 2. The summed E-state index contributed by atoms with van der Waals surface area (Å²) in [5.74, 6) is 0. The predicted molar refractivity (Wildman–Crippen MR) is 207 cm³/mol. The van der Waals surface area contributed by atoms with Crippen LogP contribution in [-0.4, -0.2) is 16.8 Å². The quantitative estimate of drug-likeness (QED) is 0.151. The molecule has 13 rings (SSSR count). The van der Waals surface area contributed by atoms with E-state index in [0.29, 0.717) is 0 Å². The molecule has 3 aliphatic heterocycles. The SMILES string of the molecule is CC12CCCCC1(C)N1c3cccc4c3B(c3cccc2c31)c1cccc2c3c(n-4c12)-c1ccccc1C31c2ccccc2-c2ccccc21. The zero-order valence-corrected chi connectivity index (χ0v) is 28.4. The summed E-state index contributed by atoms with van der Waals surface area (Å²) >= 11 is 0. The molecule has 3 heteroatoms. The van der Waals surface area contributed by atoms with Gasteiger partial charge in [-0.3, -0.25) is 0 Å². The zero-order valence-electron chi connectivity index (χ0n) is 28.4. The first-order valence-electron chi connectivity index (χ1n) is 18.6. The van der Waals surface area contributed by atoms with E-state index in [1.165, 1.54) is 115 Å². The number of hydrogen-bond acceptors (Lipinski definition) is 1. The second kappa shape index (κ2) is 8.36. The second-order valence-electron chi connectivity index (χ2n) is 16.2. The molecular weight excluding hydrogens is 603 g/mol. The second-order valence-corrected chi connectivity index (χ2v) is 16.2. The van der Waals surface area contributed by atoms with Gasteiger partial charge in [-0.2, -0.15) is 0 Å². The average molecular weight is 639 g/mol. The molecular formula is C47H35BN2. The van der Waals surface area contributed by atoms with Crippen LogP contribution >= 0.6 is 0 Å². The number of aromatic nitrogens is 1. The summed E-state index contributed by atoms with van der Waals surface area (Å²) in [6.45, 7) is 5.34. The van der Waals surface area contributed by atoms with Crippen molar-refractivity contribution in [3.05, 3.63) is 155 Å². The van der Waals surface area contributed by atoms with Crippen molar-refractivity contribution in [2.24, 2.45) is 0 Å². The molecule has 0 amide bonds.